The number of carbonyl (C=O) groups is 2. The summed E-state index contributed by atoms with van der Waals surface area (Å²) >= 11 is 1.63. The smallest absolute Gasteiger partial charge is 0.248 e. The van der Waals surface area contributed by atoms with Crippen LogP contribution in [0.1, 0.15) is 32.8 Å². The minimum atomic E-state index is -0.395. The van der Waals surface area contributed by atoms with Gasteiger partial charge < -0.3 is 15.1 Å². The highest BCUT2D eigenvalue weighted by Gasteiger charge is 2.35. The van der Waals surface area contributed by atoms with E-state index >= 15 is 0 Å². The van der Waals surface area contributed by atoms with Crippen molar-refractivity contribution in [3.8, 4) is 0 Å². The molecule has 138 valence electrons. The standard InChI is InChI=1S/C19H29N3O2S/c1-13-9-14(7-8-15(13)21(5)6)20-18(24)16-11-25-12-22(16)17(23)10-19(2,3)4/h7-9,16H,10-12H2,1-6H3,(H,20,24). The van der Waals surface area contributed by atoms with Gasteiger partial charge in [0.2, 0.25) is 11.8 Å². The number of hydrogen-bond acceptors (Lipinski definition) is 4. The fourth-order valence-electron chi connectivity index (χ4n) is 2.92. The average Bonchev–Trinajstić information content (AvgIpc) is 2.94. The Bertz CT molecular complexity index is 653. The van der Waals surface area contributed by atoms with E-state index in [0.717, 1.165) is 16.9 Å². The molecular formula is C19H29N3O2S. The van der Waals surface area contributed by atoms with E-state index in [9.17, 15) is 9.59 Å². The summed E-state index contributed by atoms with van der Waals surface area (Å²) in [7, 11) is 3.99. The number of nitrogens with one attached hydrogen (secondary N) is 1. The fourth-order valence-corrected chi connectivity index (χ4v) is 4.10. The van der Waals surface area contributed by atoms with Gasteiger partial charge in [-0.25, -0.2) is 0 Å². The highest BCUT2D eigenvalue weighted by molar-refractivity contribution is 7.99. The van der Waals surface area contributed by atoms with Gasteiger partial charge in [-0.3, -0.25) is 9.59 Å². The number of thioether (sulfide) groups is 1. The van der Waals surface area contributed by atoms with E-state index in [1.165, 1.54) is 0 Å². The average molecular weight is 364 g/mol. The van der Waals surface area contributed by atoms with Gasteiger partial charge in [0, 0.05) is 37.6 Å². The van der Waals surface area contributed by atoms with Gasteiger partial charge in [-0.15, -0.1) is 11.8 Å². The predicted octanol–water partition coefficient (Wildman–Crippen LogP) is 3.34. The number of benzene rings is 1. The first-order chi connectivity index (χ1) is 11.6. The maximum atomic E-state index is 12.7. The van der Waals surface area contributed by atoms with Gasteiger partial charge in [-0.2, -0.15) is 0 Å². The third-order valence-electron chi connectivity index (χ3n) is 4.13. The van der Waals surface area contributed by atoms with E-state index in [4.69, 9.17) is 0 Å². The number of aryl methyl sites for hydroxylation is 1. The first-order valence-electron chi connectivity index (χ1n) is 8.54. The molecule has 1 aromatic carbocycles. The Morgan fingerprint density at radius 3 is 2.56 bits per heavy atom. The van der Waals surface area contributed by atoms with Gasteiger partial charge in [0.05, 0.1) is 5.88 Å². The molecule has 1 N–H and O–H groups in total. The van der Waals surface area contributed by atoms with Crippen LogP contribution in [0.3, 0.4) is 0 Å². The maximum absolute atomic E-state index is 12.7. The molecule has 1 unspecified atom stereocenters. The van der Waals surface area contributed by atoms with Crippen molar-refractivity contribution < 1.29 is 9.59 Å². The highest BCUT2D eigenvalue weighted by Crippen LogP contribution is 2.28. The quantitative estimate of drug-likeness (QED) is 0.891. The van der Waals surface area contributed by atoms with Crippen LogP contribution in [0.15, 0.2) is 18.2 Å². The normalized spacial score (nSPS) is 17.5. The molecule has 1 heterocycles. The van der Waals surface area contributed by atoms with Crippen molar-refractivity contribution >= 4 is 35.0 Å². The molecular weight excluding hydrogens is 334 g/mol. The van der Waals surface area contributed by atoms with Crippen molar-refractivity contribution in [1.29, 1.82) is 0 Å². The molecule has 5 nitrogen and oxygen atoms in total. The van der Waals surface area contributed by atoms with Crippen LogP contribution in [0.25, 0.3) is 0 Å². The van der Waals surface area contributed by atoms with Crippen LogP contribution in [0, 0.1) is 12.3 Å². The number of anilines is 2. The zero-order valence-electron chi connectivity index (χ0n) is 16.0. The van der Waals surface area contributed by atoms with Crippen LogP contribution in [0.2, 0.25) is 0 Å². The summed E-state index contributed by atoms with van der Waals surface area (Å²) in [5.74, 6) is 1.18. The summed E-state index contributed by atoms with van der Waals surface area (Å²) in [5.41, 5.74) is 2.92. The Morgan fingerprint density at radius 2 is 2.00 bits per heavy atom. The van der Waals surface area contributed by atoms with E-state index in [1.807, 2.05) is 64.9 Å². The van der Waals surface area contributed by atoms with E-state index in [-0.39, 0.29) is 17.2 Å². The fraction of sp³-hybridized carbons (Fsp3) is 0.579. The highest BCUT2D eigenvalue weighted by atomic mass is 32.2. The molecule has 0 spiro atoms. The lowest BCUT2D eigenvalue weighted by atomic mass is 9.91. The topological polar surface area (TPSA) is 52.7 Å². The first-order valence-corrected chi connectivity index (χ1v) is 9.70. The molecule has 0 radical (unpaired) electrons. The Hall–Kier alpha value is -1.69. The Morgan fingerprint density at radius 1 is 1.32 bits per heavy atom. The van der Waals surface area contributed by atoms with E-state index in [2.05, 4.69) is 5.32 Å². The number of carbonyl (C=O) groups excluding carboxylic acids is 2. The molecule has 1 atom stereocenters. The molecule has 0 saturated carbocycles. The third-order valence-corrected chi connectivity index (χ3v) is 5.15. The molecule has 1 fully saturated rings. The molecule has 1 aliphatic heterocycles. The lowest BCUT2D eigenvalue weighted by Gasteiger charge is -2.27. The van der Waals surface area contributed by atoms with Crippen LogP contribution in [0.5, 0.6) is 0 Å². The van der Waals surface area contributed by atoms with Crippen LogP contribution < -0.4 is 10.2 Å². The van der Waals surface area contributed by atoms with Gasteiger partial charge in [0.25, 0.3) is 0 Å². The van der Waals surface area contributed by atoms with Crippen LogP contribution >= 0.6 is 11.8 Å². The van der Waals surface area contributed by atoms with Crippen molar-refractivity contribution in [3.63, 3.8) is 0 Å². The maximum Gasteiger partial charge on any atom is 0.248 e. The van der Waals surface area contributed by atoms with Crippen LogP contribution in [-0.4, -0.2) is 48.5 Å². The SMILES string of the molecule is Cc1cc(NC(=O)C2CSCN2C(=O)CC(C)(C)C)ccc1N(C)C. The van der Waals surface area contributed by atoms with Crippen molar-refractivity contribution in [2.75, 3.05) is 35.9 Å². The van der Waals surface area contributed by atoms with E-state index < -0.39 is 6.04 Å². The van der Waals surface area contributed by atoms with E-state index in [0.29, 0.717) is 18.1 Å². The number of hydrogen-bond donors (Lipinski definition) is 1. The predicted molar refractivity (Wildman–Crippen MR) is 106 cm³/mol. The summed E-state index contributed by atoms with van der Waals surface area (Å²) in [6, 6.07) is 5.48. The number of rotatable bonds is 4. The molecule has 2 rings (SSSR count). The number of nitrogens with zero attached hydrogens (tertiary/aromatic N) is 2. The molecule has 0 bridgehead atoms. The molecule has 1 aliphatic rings. The minimum Gasteiger partial charge on any atom is -0.377 e. The first kappa shape index (κ1) is 19.6. The second-order valence-electron chi connectivity index (χ2n) is 8.00. The van der Waals surface area contributed by atoms with Gasteiger partial charge >= 0.3 is 0 Å². The van der Waals surface area contributed by atoms with Gasteiger partial charge in [-0.1, -0.05) is 20.8 Å². The third kappa shape index (κ3) is 5.14. The minimum absolute atomic E-state index is 0.0526. The summed E-state index contributed by atoms with van der Waals surface area (Å²) in [6.07, 6.45) is 0.452. The largest absolute Gasteiger partial charge is 0.377 e. The summed E-state index contributed by atoms with van der Waals surface area (Å²) in [4.78, 5) is 29.0. The van der Waals surface area contributed by atoms with Crippen LogP contribution in [0.4, 0.5) is 11.4 Å². The van der Waals surface area contributed by atoms with Crippen molar-refractivity contribution in [2.24, 2.45) is 5.41 Å². The van der Waals surface area contributed by atoms with E-state index in [1.54, 1.807) is 16.7 Å². The molecule has 1 saturated heterocycles. The zero-order chi connectivity index (χ0) is 18.8. The summed E-state index contributed by atoms with van der Waals surface area (Å²) in [6.45, 7) is 8.14. The summed E-state index contributed by atoms with van der Waals surface area (Å²) < 4.78 is 0. The lowest BCUT2D eigenvalue weighted by molar-refractivity contribution is -0.137. The number of amides is 2. The molecule has 0 aliphatic carbocycles. The van der Waals surface area contributed by atoms with Crippen LogP contribution in [-0.2, 0) is 9.59 Å². The molecule has 1 aromatic rings. The van der Waals surface area contributed by atoms with Crippen molar-refractivity contribution in [1.82, 2.24) is 4.90 Å². The Balaban J connectivity index is 2.07. The zero-order valence-corrected chi connectivity index (χ0v) is 16.9. The molecule has 25 heavy (non-hydrogen) atoms. The lowest BCUT2D eigenvalue weighted by Crippen LogP contribution is -2.45. The van der Waals surface area contributed by atoms with Crippen molar-refractivity contribution in [2.45, 2.75) is 40.2 Å². The van der Waals surface area contributed by atoms with Gasteiger partial charge in [-0.05, 0) is 36.1 Å². The summed E-state index contributed by atoms with van der Waals surface area (Å²) in [5, 5.41) is 2.97. The second kappa shape index (κ2) is 7.68. The monoisotopic (exact) mass is 363 g/mol. The van der Waals surface area contributed by atoms with Gasteiger partial charge in [0.1, 0.15) is 6.04 Å². The second-order valence-corrected chi connectivity index (χ2v) is 9.00. The molecule has 2 amide bonds. The van der Waals surface area contributed by atoms with Crippen molar-refractivity contribution in [3.05, 3.63) is 23.8 Å². The van der Waals surface area contributed by atoms with Gasteiger partial charge in [0.15, 0.2) is 0 Å². The Labute approximate surface area is 155 Å². The Kier molecular flexibility index (Phi) is 6.03. The molecule has 6 heteroatoms. The molecule has 0 aromatic heterocycles.